The SMILES string of the molecule is O.O=C(CCC1CCCCCO1)C(=O)C(=O)OCc1ccccc1. The maximum absolute atomic E-state index is 11.8. The fourth-order valence-corrected chi connectivity index (χ4v) is 2.52. The van der Waals surface area contributed by atoms with Gasteiger partial charge in [0.1, 0.15) is 6.61 Å². The Balaban J connectivity index is 0.00000288. The Morgan fingerprint density at radius 3 is 2.58 bits per heavy atom. The van der Waals surface area contributed by atoms with Crippen LogP contribution in [-0.4, -0.2) is 35.7 Å². The minimum absolute atomic E-state index is 0. The van der Waals surface area contributed by atoms with Crippen LogP contribution in [0.4, 0.5) is 0 Å². The number of benzene rings is 1. The molecule has 0 saturated carbocycles. The fraction of sp³-hybridized carbons (Fsp3) is 0.500. The Morgan fingerprint density at radius 2 is 1.83 bits per heavy atom. The Hall–Kier alpha value is -2.05. The number of carbonyl (C=O) groups excluding carboxylic acids is 3. The van der Waals surface area contributed by atoms with Crippen LogP contribution in [0, 0.1) is 0 Å². The molecule has 1 unspecified atom stereocenters. The minimum atomic E-state index is -1.08. The summed E-state index contributed by atoms with van der Waals surface area (Å²) in [4.78, 5) is 35.2. The van der Waals surface area contributed by atoms with Gasteiger partial charge in [-0.1, -0.05) is 43.2 Å². The van der Waals surface area contributed by atoms with Crippen molar-refractivity contribution in [3.05, 3.63) is 35.9 Å². The maximum atomic E-state index is 11.8. The third kappa shape index (κ3) is 6.60. The highest BCUT2D eigenvalue weighted by molar-refractivity contribution is 6.62. The number of hydrogen-bond acceptors (Lipinski definition) is 5. The first-order valence-electron chi connectivity index (χ1n) is 8.06. The monoisotopic (exact) mass is 336 g/mol. The van der Waals surface area contributed by atoms with Crippen LogP contribution in [-0.2, 0) is 30.5 Å². The zero-order chi connectivity index (χ0) is 16.5. The van der Waals surface area contributed by atoms with Crippen molar-refractivity contribution in [3.63, 3.8) is 0 Å². The molecule has 0 spiro atoms. The van der Waals surface area contributed by atoms with Crippen molar-refractivity contribution < 1.29 is 29.3 Å². The number of hydrogen-bond donors (Lipinski definition) is 0. The van der Waals surface area contributed by atoms with Crippen molar-refractivity contribution in [1.82, 2.24) is 0 Å². The number of esters is 1. The molecule has 1 saturated heterocycles. The van der Waals surface area contributed by atoms with Crippen LogP contribution < -0.4 is 0 Å². The summed E-state index contributed by atoms with van der Waals surface area (Å²) in [7, 11) is 0. The van der Waals surface area contributed by atoms with E-state index in [1.807, 2.05) is 18.2 Å². The van der Waals surface area contributed by atoms with E-state index in [1.165, 1.54) is 0 Å². The number of Topliss-reactive ketones (excluding diaryl/α,β-unsaturated/α-hetero) is 2. The largest absolute Gasteiger partial charge is 0.455 e. The topological polar surface area (TPSA) is 101 Å². The lowest BCUT2D eigenvalue weighted by Gasteiger charge is -2.13. The molecule has 24 heavy (non-hydrogen) atoms. The first-order chi connectivity index (χ1) is 11.2. The van der Waals surface area contributed by atoms with Crippen molar-refractivity contribution in [2.75, 3.05) is 6.61 Å². The van der Waals surface area contributed by atoms with Crippen LogP contribution in [0.2, 0.25) is 0 Å². The molecule has 0 bridgehead atoms. The molecular formula is C18H24O6. The van der Waals surface area contributed by atoms with E-state index in [0.717, 1.165) is 31.2 Å². The zero-order valence-electron chi connectivity index (χ0n) is 13.7. The summed E-state index contributed by atoms with van der Waals surface area (Å²) in [5.74, 6) is -2.86. The van der Waals surface area contributed by atoms with Crippen molar-refractivity contribution in [1.29, 1.82) is 0 Å². The van der Waals surface area contributed by atoms with Crippen molar-refractivity contribution in [2.45, 2.75) is 51.2 Å². The Morgan fingerprint density at radius 1 is 1.08 bits per heavy atom. The molecular weight excluding hydrogens is 312 g/mol. The third-order valence-electron chi connectivity index (χ3n) is 3.87. The molecule has 2 rings (SSSR count). The van der Waals surface area contributed by atoms with Gasteiger partial charge in [0.2, 0.25) is 5.78 Å². The molecule has 0 radical (unpaired) electrons. The van der Waals surface area contributed by atoms with Gasteiger partial charge in [-0.05, 0) is 24.8 Å². The highest BCUT2D eigenvalue weighted by Gasteiger charge is 2.25. The van der Waals surface area contributed by atoms with E-state index in [-0.39, 0.29) is 24.6 Å². The molecule has 1 aliphatic heterocycles. The van der Waals surface area contributed by atoms with Crippen LogP contribution >= 0.6 is 0 Å². The van der Waals surface area contributed by atoms with Gasteiger partial charge >= 0.3 is 11.8 Å². The van der Waals surface area contributed by atoms with E-state index in [4.69, 9.17) is 9.47 Å². The molecule has 1 atom stereocenters. The molecule has 1 heterocycles. The summed E-state index contributed by atoms with van der Waals surface area (Å²) in [6, 6.07) is 9.02. The van der Waals surface area contributed by atoms with E-state index in [1.54, 1.807) is 12.1 Å². The van der Waals surface area contributed by atoms with Gasteiger partial charge in [-0.15, -0.1) is 0 Å². The lowest BCUT2D eigenvalue weighted by atomic mass is 10.0. The summed E-state index contributed by atoms with van der Waals surface area (Å²) < 4.78 is 10.5. The van der Waals surface area contributed by atoms with Crippen LogP contribution in [0.1, 0.15) is 44.1 Å². The second-order valence-corrected chi connectivity index (χ2v) is 5.69. The second kappa shape index (κ2) is 10.7. The first kappa shape index (κ1) is 20.0. The highest BCUT2D eigenvalue weighted by Crippen LogP contribution is 2.17. The van der Waals surface area contributed by atoms with Crippen LogP contribution in [0.5, 0.6) is 0 Å². The molecule has 1 aromatic rings. The van der Waals surface area contributed by atoms with Gasteiger partial charge in [-0.3, -0.25) is 9.59 Å². The summed E-state index contributed by atoms with van der Waals surface area (Å²) in [5, 5.41) is 0. The Bertz CT molecular complexity index is 532. The van der Waals surface area contributed by atoms with Crippen molar-refractivity contribution in [3.8, 4) is 0 Å². The molecule has 0 amide bonds. The lowest BCUT2D eigenvalue weighted by molar-refractivity contribution is -0.157. The molecule has 0 aliphatic carbocycles. The van der Waals surface area contributed by atoms with Gasteiger partial charge in [-0.25, -0.2) is 4.79 Å². The highest BCUT2D eigenvalue weighted by atomic mass is 16.5. The number of ether oxygens (including phenoxy) is 2. The van der Waals surface area contributed by atoms with Gasteiger partial charge in [0.25, 0.3) is 0 Å². The molecule has 1 aromatic carbocycles. The van der Waals surface area contributed by atoms with Crippen LogP contribution in [0.15, 0.2) is 30.3 Å². The first-order valence-corrected chi connectivity index (χ1v) is 8.06. The molecule has 132 valence electrons. The van der Waals surface area contributed by atoms with Crippen LogP contribution in [0.25, 0.3) is 0 Å². The van der Waals surface area contributed by atoms with Gasteiger partial charge in [-0.2, -0.15) is 0 Å². The number of rotatable bonds is 7. The molecule has 0 aromatic heterocycles. The maximum Gasteiger partial charge on any atom is 0.383 e. The summed E-state index contributed by atoms with van der Waals surface area (Å²) in [6.07, 6.45) is 4.67. The van der Waals surface area contributed by atoms with Gasteiger partial charge < -0.3 is 14.9 Å². The average molecular weight is 336 g/mol. The Labute approximate surface area is 141 Å². The normalized spacial score (nSPS) is 17.2. The lowest BCUT2D eigenvalue weighted by Crippen LogP contribution is -2.27. The third-order valence-corrected chi connectivity index (χ3v) is 3.87. The quantitative estimate of drug-likeness (QED) is 0.429. The smallest absolute Gasteiger partial charge is 0.383 e. The number of ketones is 2. The van der Waals surface area contributed by atoms with Gasteiger partial charge in [0.15, 0.2) is 0 Å². The standard InChI is InChI=1S/C18H22O5.H2O/c19-16(11-10-15-9-5-2-6-12-22-15)17(20)18(21)23-13-14-7-3-1-4-8-14;/h1,3-4,7-8,15H,2,5-6,9-13H2;1H2. The Kier molecular flexibility index (Phi) is 8.89. The molecule has 2 N–H and O–H groups in total. The van der Waals surface area contributed by atoms with Crippen molar-refractivity contribution in [2.24, 2.45) is 0 Å². The minimum Gasteiger partial charge on any atom is -0.455 e. The van der Waals surface area contributed by atoms with Crippen LogP contribution in [0.3, 0.4) is 0 Å². The van der Waals surface area contributed by atoms with E-state index < -0.39 is 17.5 Å². The summed E-state index contributed by atoms with van der Waals surface area (Å²) in [6.45, 7) is 0.691. The summed E-state index contributed by atoms with van der Waals surface area (Å²) in [5.41, 5.74) is 0.771. The molecule has 6 nitrogen and oxygen atoms in total. The van der Waals surface area contributed by atoms with E-state index in [0.29, 0.717) is 13.0 Å². The van der Waals surface area contributed by atoms with Gasteiger partial charge in [0.05, 0.1) is 6.10 Å². The average Bonchev–Trinajstić information content (AvgIpc) is 2.86. The molecule has 1 aliphatic rings. The van der Waals surface area contributed by atoms with E-state index in [9.17, 15) is 14.4 Å². The van der Waals surface area contributed by atoms with E-state index >= 15 is 0 Å². The van der Waals surface area contributed by atoms with Crippen molar-refractivity contribution >= 4 is 17.5 Å². The molecule has 6 heteroatoms. The van der Waals surface area contributed by atoms with E-state index in [2.05, 4.69) is 0 Å². The molecule has 1 fully saturated rings. The predicted octanol–water partition coefficient (Wildman–Crippen LogP) is 1.78. The zero-order valence-corrected chi connectivity index (χ0v) is 13.7. The predicted molar refractivity (Wildman–Crippen MR) is 87.3 cm³/mol. The summed E-state index contributed by atoms with van der Waals surface area (Å²) >= 11 is 0. The fourth-order valence-electron chi connectivity index (χ4n) is 2.52. The number of carbonyl (C=O) groups is 3. The second-order valence-electron chi connectivity index (χ2n) is 5.69. The van der Waals surface area contributed by atoms with Gasteiger partial charge in [0, 0.05) is 13.0 Å².